The highest BCUT2D eigenvalue weighted by Crippen LogP contribution is 2.39. The fraction of sp³-hybridized carbons (Fsp3) is 0.250. The van der Waals surface area contributed by atoms with Crippen LogP contribution in [-0.4, -0.2) is 19.1 Å². The van der Waals surface area contributed by atoms with Crippen LogP contribution in [0.25, 0.3) is 22.0 Å². The molecule has 31 heavy (non-hydrogen) atoms. The zero-order valence-electron chi connectivity index (χ0n) is 19.3. The lowest BCUT2D eigenvalue weighted by Crippen LogP contribution is -2.13. The van der Waals surface area contributed by atoms with Crippen molar-refractivity contribution in [1.29, 1.82) is 0 Å². The molecule has 0 aliphatic heterocycles. The van der Waals surface area contributed by atoms with E-state index in [9.17, 15) is 0 Å². The summed E-state index contributed by atoms with van der Waals surface area (Å²) >= 11 is 0. The van der Waals surface area contributed by atoms with Gasteiger partial charge in [-0.05, 0) is 47.7 Å². The molecule has 1 aromatic heterocycles. The van der Waals surface area contributed by atoms with Gasteiger partial charge < -0.3 is 10.2 Å². The second kappa shape index (κ2) is 8.07. The normalized spacial score (nSPS) is 11.5. The predicted molar refractivity (Wildman–Crippen MR) is 135 cm³/mol. The van der Waals surface area contributed by atoms with Gasteiger partial charge >= 0.3 is 0 Å². The van der Waals surface area contributed by atoms with Gasteiger partial charge in [-0.2, -0.15) is 0 Å². The van der Waals surface area contributed by atoms with Crippen molar-refractivity contribution in [2.24, 2.45) is 0 Å². The minimum absolute atomic E-state index is 0.0783. The van der Waals surface area contributed by atoms with Crippen molar-refractivity contribution in [3.8, 4) is 11.1 Å². The maximum Gasteiger partial charge on any atom is 0.0961 e. The quantitative estimate of drug-likeness (QED) is 0.383. The minimum Gasteiger partial charge on any atom is -0.376 e. The SMILES string of the molecule is Cc1ccc2ccc(N(C)C)c(Nc3ccc(C(C)(C)C)cc3-c3ccccc3)c2n1. The summed E-state index contributed by atoms with van der Waals surface area (Å²) in [6.07, 6.45) is 0. The predicted octanol–water partition coefficient (Wildman–Crippen LogP) is 7.32. The molecule has 0 amide bonds. The Morgan fingerprint density at radius 1 is 0.839 bits per heavy atom. The van der Waals surface area contributed by atoms with Crippen LogP contribution in [0.15, 0.2) is 72.8 Å². The minimum atomic E-state index is 0.0783. The lowest BCUT2D eigenvalue weighted by Gasteiger charge is -2.24. The molecule has 0 unspecified atom stereocenters. The average Bonchev–Trinajstić information content (AvgIpc) is 2.74. The van der Waals surface area contributed by atoms with Crippen LogP contribution in [0.2, 0.25) is 0 Å². The molecule has 0 fully saturated rings. The molecule has 0 saturated carbocycles. The van der Waals surface area contributed by atoms with Crippen molar-refractivity contribution in [3.63, 3.8) is 0 Å². The molecule has 4 rings (SSSR count). The number of nitrogens with zero attached hydrogens (tertiary/aromatic N) is 2. The fourth-order valence-corrected chi connectivity index (χ4v) is 3.88. The summed E-state index contributed by atoms with van der Waals surface area (Å²) in [5, 5.41) is 4.90. The third-order valence-corrected chi connectivity index (χ3v) is 5.69. The van der Waals surface area contributed by atoms with Crippen molar-refractivity contribution >= 4 is 28.0 Å². The Hall–Kier alpha value is -3.33. The number of benzene rings is 3. The Kier molecular flexibility index (Phi) is 5.45. The molecular weight excluding hydrogens is 378 g/mol. The maximum atomic E-state index is 4.88. The first-order chi connectivity index (χ1) is 14.7. The third-order valence-electron chi connectivity index (χ3n) is 5.69. The highest BCUT2D eigenvalue weighted by atomic mass is 15.1. The van der Waals surface area contributed by atoms with Gasteiger partial charge in [-0.15, -0.1) is 0 Å². The highest BCUT2D eigenvalue weighted by Gasteiger charge is 2.18. The van der Waals surface area contributed by atoms with E-state index in [1.165, 1.54) is 16.7 Å². The van der Waals surface area contributed by atoms with Gasteiger partial charge in [-0.25, -0.2) is 0 Å². The molecule has 1 heterocycles. The second-order valence-electron chi connectivity index (χ2n) is 9.38. The van der Waals surface area contributed by atoms with Gasteiger partial charge in [0, 0.05) is 36.4 Å². The van der Waals surface area contributed by atoms with E-state index in [0.29, 0.717) is 0 Å². The smallest absolute Gasteiger partial charge is 0.0961 e. The van der Waals surface area contributed by atoms with Crippen molar-refractivity contribution in [2.45, 2.75) is 33.1 Å². The Balaban J connectivity index is 1.93. The standard InChI is InChI=1S/C28H31N3/c1-19-12-13-21-14-17-25(31(5)6)27(26(21)29-19)30-24-16-15-22(28(2,3)4)18-23(24)20-10-8-7-9-11-20/h7-18,30H,1-6H3. The zero-order chi connectivity index (χ0) is 22.2. The van der Waals surface area contributed by atoms with Gasteiger partial charge in [0.05, 0.1) is 16.9 Å². The summed E-state index contributed by atoms with van der Waals surface area (Å²) in [5.41, 5.74) is 9.03. The molecule has 3 aromatic carbocycles. The molecule has 0 spiro atoms. The second-order valence-corrected chi connectivity index (χ2v) is 9.38. The molecule has 4 aromatic rings. The van der Waals surface area contributed by atoms with E-state index < -0.39 is 0 Å². The van der Waals surface area contributed by atoms with E-state index in [4.69, 9.17) is 4.98 Å². The van der Waals surface area contributed by atoms with Gasteiger partial charge in [-0.3, -0.25) is 4.98 Å². The van der Waals surface area contributed by atoms with Crippen molar-refractivity contribution in [2.75, 3.05) is 24.3 Å². The summed E-state index contributed by atoms with van der Waals surface area (Å²) < 4.78 is 0. The van der Waals surface area contributed by atoms with Crippen LogP contribution in [0.5, 0.6) is 0 Å². The number of fused-ring (bicyclic) bond motifs is 1. The van der Waals surface area contributed by atoms with E-state index >= 15 is 0 Å². The van der Waals surface area contributed by atoms with Crippen LogP contribution in [0.4, 0.5) is 17.1 Å². The summed E-state index contributed by atoms with van der Waals surface area (Å²) in [5.74, 6) is 0. The maximum absolute atomic E-state index is 4.88. The first kappa shape index (κ1) is 20.9. The van der Waals surface area contributed by atoms with Gasteiger partial charge in [0.2, 0.25) is 0 Å². The molecule has 0 aliphatic rings. The Morgan fingerprint density at radius 2 is 1.55 bits per heavy atom. The van der Waals surface area contributed by atoms with Crippen LogP contribution < -0.4 is 10.2 Å². The van der Waals surface area contributed by atoms with Crippen LogP contribution in [0.3, 0.4) is 0 Å². The van der Waals surface area contributed by atoms with Crippen LogP contribution >= 0.6 is 0 Å². The number of hydrogen-bond donors (Lipinski definition) is 1. The van der Waals surface area contributed by atoms with Gasteiger partial charge in [-0.1, -0.05) is 69.3 Å². The molecule has 3 nitrogen and oxygen atoms in total. The summed E-state index contributed by atoms with van der Waals surface area (Å²) in [6, 6.07) is 25.9. The zero-order valence-corrected chi connectivity index (χ0v) is 19.3. The summed E-state index contributed by atoms with van der Waals surface area (Å²) in [6.45, 7) is 8.81. The highest BCUT2D eigenvalue weighted by molar-refractivity contribution is 6.00. The number of pyridine rings is 1. The Labute approximate surface area is 185 Å². The largest absolute Gasteiger partial charge is 0.376 e. The molecule has 0 bridgehead atoms. The molecule has 158 valence electrons. The molecule has 0 atom stereocenters. The van der Waals surface area contributed by atoms with E-state index in [2.05, 4.69) is 118 Å². The molecule has 3 heteroatoms. The van der Waals surface area contributed by atoms with Crippen molar-refractivity contribution in [1.82, 2.24) is 4.98 Å². The molecular formula is C28H31N3. The number of rotatable bonds is 4. The van der Waals surface area contributed by atoms with Crippen LogP contribution in [-0.2, 0) is 5.41 Å². The van der Waals surface area contributed by atoms with Crippen LogP contribution in [0.1, 0.15) is 32.0 Å². The van der Waals surface area contributed by atoms with E-state index in [0.717, 1.165) is 33.7 Å². The fourth-order valence-electron chi connectivity index (χ4n) is 3.88. The van der Waals surface area contributed by atoms with Crippen molar-refractivity contribution in [3.05, 3.63) is 84.1 Å². The topological polar surface area (TPSA) is 28.2 Å². The average molecular weight is 410 g/mol. The monoisotopic (exact) mass is 409 g/mol. The Morgan fingerprint density at radius 3 is 2.23 bits per heavy atom. The van der Waals surface area contributed by atoms with Crippen molar-refractivity contribution < 1.29 is 0 Å². The van der Waals surface area contributed by atoms with Gasteiger partial charge in [0.1, 0.15) is 0 Å². The molecule has 0 aliphatic carbocycles. The first-order valence-electron chi connectivity index (χ1n) is 10.8. The van der Waals surface area contributed by atoms with E-state index in [-0.39, 0.29) is 5.41 Å². The molecule has 0 radical (unpaired) electrons. The van der Waals surface area contributed by atoms with E-state index in [1.807, 2.05) is 6.92 Å². The first-order valence-corrected chi connectivity index (χ1v) is 10.8. The van der Waals surface area contributed by atoms with Gasteiger partial charge in [0.25, 0.3) is 0 Å². The Bertz CT molecular complexity index is 1220. The number of nitrogens with one attached hydrogen (secondary N) is 1. The third kappa shape index (κ3) is 4.27. The van der Waals surface area contributed by atoms with Gasteiger partial charge in [0.15, 0.2) is 0 Å². The van der Waals surface area contributed by atoms with E-state index in [1.54, 1.807) is 0 Å². The number of aryl methyl sites for hydroxylation is 1. The molecule has 0 saturated heterocycles. The number of aromatic nitrogens is 1. The summed E-state index contributed by atoms with van der Waals surface area (Å²) in [4.78, 5) is 7.02. The number of hydrogen-bond acceptors (Lipinski definition) is 3. The lowest BCUT2D eigenvalue weighted by atomic mass is 9.85. The summed E-state index contributed by atoms with van der Waals surface area (Å²) in [7, 11) is 4.14. The lowest BCUT2D eigenvalue weighted by molar-refractivity contribution is 0.590. The van der Waals surface area contributed by atoms with Crippen LogP contribution in [0, 0.1) is 6.92 Å². The number of anilines is 3. The molecule has 1 N–H and O–H groups in total.